The molecule has 0 saturated carbocycles. The SMILES string of the molecule is CS(=O)(=O)Cc1ncc(C(=O)O)c(=O)[nH]1. The largest absolute Gasteiger partial charge is 0.477 e. The molecular formula is C7H8N2O5S. The van der Waals surface area contributed by atoms with Gasteiger partial charge in [-0.1, -0.05) is 0 Å². The van der Waals surface area contributed by atoms with E-state index in [1.165, 1.54) is 0 Å². The van der Waals surface area contributed by atoms with Gasteiger partial charge in [-0.3, -0.25) is 4.79 Å². The number of sulfone groups is 1. The number of hydrogen-bond donors (Lipinski definition) is 2. The van der Waals surface area contributed by atoms with Crippen molar-refractivity contribution in [3.63, 3.8) is 0 Å². The predicted octanol–water partition coefficient (Wildman–Crippen LogP) is -0.987. The molecule has 0 aliphatic rings. The van der Waals surface area contributed by atoms with Gasteiger partial charge in [-0.05, 0) is 0 Å². The van der Waals surface area contributed by atoms with Crippen molar-refractivity contribution in [3.05, 3.63) is 27.9 Å². The Balaban J connectivity index is 3.13. The smallest absolute Gasteiger partial charge is 0.342 e. The summed E-state index contributed by atoms with van der Waals surface area (Å²) in [5.74, 6) is -1.91. The average Bonchev–Trinajstić information content (AvgIpc) is 1.99. The lowest BCUT2D eigenvalue weighted by molar-refractivity contribution is 0.0694. The molecule has 8 heteroatoms. The first kappa shape index (κ1) is 11.4. The topological polar surface area (TPSA) is 117 Å². The van der Waals surface area contributed by atoms with E-state index in [9.17, 15) is 18.0 Å². The molecule has 0 radical (unpaired) electrons. The highest BCUT2D eigenvalue weighted by Crippen LogP contribution is 1.96. The van der Waals surface area contributed by atoms with Gasteiger partial charge >= 0.3 is 5.97 Å². The number of rotatable bonds is 3. The van der Waals surface area contributed by atoms with Crippen LogP contribution in [-0.2, 0) is 15.6 Å². The minimum atomic E-state index is -3.31. The summed E-state index contributed by atoms with van der Waals surface area (Å²) in [7, 11) is -3.31. The summed E-state index contributed by atoms with van der Waals surface area (Å²) >= 11 is 0. The van der Waals surface area contributed by atoms with Gasteiger partial charge in [0, 0.05) is 12.5 Å². The van der Waals surface area contributed by atoms with E-state index in [0.29, 0.717) is 0 Å². The summed E-state index contributed by atoms with van der Waals surface area (Å²) in [6, 6.07) is 0. The molecule has 1 heterocycles. The molecule has 0 saturated heterocycles. The fraction of sp³-hybridized carbons (Fsp3) is 0.286. The van der Waals surface area contributed by atoms with Crippen LogP contribution in [0.1, 0.15) is 16.2 Å². The highest BCUT2D eigenvalue weighted by atomic mass is 32.2. The number of H-pyrrole nitrogens is 1. The normalized spacial score (nSPS) is 11.3. The minimum absolute atomic E-state index is 0.0764. The Kier molecular flexibility index (Phi) is 2.89. The summed E-state index contributed by atoms with van der Waals surface area (Å²) in [5.41, 5.74) is -1.39. The summed E-state index contributed by atoms with van der Waals surface area (Å²) in [6.45, 7) is 0. The van der Waals surface area contributed by atoms with E-state index < -0.39 is 32.7 Å². The maximum absolute atomic E-state index is 11.1. The molecule has 0 unspecified atom stereocenters. The zero-order chi connectivity index (χ0) is 11.6. The summed E-state index contributed by atoms with van der Waals surface area (Å²) in [5, 5.41) is 8.51. The summed E-state index contributed by atoms with van der Waals surface area (Å²) < 4.78 is 21.7. The fourth-order valence-corrected chi connectivity index (χ4v) is 1.55. The van der Waals surface area contributed by atoms with Crippen molar-refractivity contribution in [1.82, 2.24) is 9.97 Å². The summed E-state index contributed by atoms with van der Waals surface area (Å²) in [6.07, 6.45) is 1.82. The van der Waals surface area contributed by atoms with E-state index in [1.54, 1.807) is 0 Å². The molecule has 0 aliphatic carbocycles. The molecule has 1 aromatic heterocycles. The number of nitrogens with one attached hydrogen (secondary N) is 1. The van der Waals surface area contributed by atoms with E-state index in [2.05, 4.69) is 9.97 Å². The number of aromatic amines is 1. The Hall–Kier alpha value is -1.70. The molecule has 0 amide bonds. The number of carboxylic acids is 1. The van der Waals surface area contributed by atoms with E-state index in [-0.39, 0.29) is 5.82 Å². The van der Waals surface area contributed by atoms with Crippen molar-refractivity contribution < 1.29 is 18.3 Å². The van der Waals surface area contributed by atoms with Crippen molar-refractivity contribution in [2.45, 2.75) is 5.75 Å². The lowest BCUT2D eigenvalue weighted by Crippen LogP contribution is -2.21. The van der Waals surface area contributed by atoms with Gasteiger partial charge in [0.25, 0.3) is 5.56 Å². The number of carbonyl (C=O) groups is 1. The predicted molar refractivity (Wildman–Crippen MR) is 50.4 cm³/mol. The highest BCUT2D eigenvalue weighted by Gasteiger charge is 2.12. The van der Waals surface area contributed by atoms with Crippen LogP contribution in [0, 0.1) is 0 Å². The van der Waals surface area contributed by atoms with Gasteiger partial charge in [0.1, 0.15) is 17.1 Å². The summed E-state index contributed by atoms with van der Waals surface area (Å²) in [4.78, 5) is 27.2. The zero-order valence-electron chi connectivity index (χ0n) is 7.72. The van der Waals surface area contributed by atoms with Gasteiger partial charge in [-0.25, -0.2) is 18.2 Å². The second kappa shape index (κ2) is 3.81. The first-order valence-electron chi connectivity index (χ1n) is 3.79. The molecule has 0 aromatic carbocycles. The van der Waals surface area contributed by atoms with Gasteiger partial charge in [0.15, 0.2) is 9.84 Å². The van der Waals surface area contributed by atoms with Crippen LogP contribution in [0.4, 0.5) is 0 Å². The van der Waals surface area contributed by atoms with Gasteiger partial charge in [-0.2, -0.15) is 0 Å². The minimum Gasteiger partial charge on any atom is -0.477 e. The number of hydrogen-bond acceptors (Lipinski definition) is 5. The van der Waals surface area contributed by atoms with Crippen molar-refractivity contribution in [1.29, 1.82) is 0 Å². The molecule has 0 bridgehead atoms. The number of aromatic carboxylic acids is 1. The third-order valence-corrected chi connectivity index (χ3v) is 2.28. The average molecular weight is 232 g/mol. The molecule has 1 rings (SSSR count). The fourth-order valence-electron chi connectivity index (χ4n) is 0.906. The highest BCUT2D eigenvalue weighted by molar-refractivity contribution is 7.89. The second-order valence-corrected chi connectivity index (χ2v) is 5.09. The second-order valence-electron chi connectivity index (χ2n) is 2.95. The third kappa shape index (κ3) is 3.17. The van der Waals surface area contributed by atoms with Crippen LogP contribution in [0.5, 0.6) is 0 Å². The molecule has 0 spiro atoms. The van der Waals surface area contributed by atoms with Crippen molar-refractivity contribution in [2.24, 2.45) is 0 Å². The van der Waals surface area contributed by atoms with Gasteiger partial charge < -0.3 is 10.1 Å². The Morgan fingerprint density at radius 1 is 1.60 bits per heavy atom. The van der Waals surface area contributed by atoms with Gasteiger partial charge in [-0.15, -0.1) is 0 Å². The van der Waals surface area contributed by atoms with Crippen LogP contribution < -0.4 is 5.56 Å². The van der Waals surface area contributed by atoms with Crippen LogP contribution >= 0.6 is 0 Å². The molecular weight excluding hydrogens is 224 g/mol. The molecule has 0 atom stereocenters. The van der Waals surface area contributed by atoms with Crippen LogP contribution in [0.15, 0.2) is 11.0 Å². The monoisotopic (exact) mass is 232 g/mol. The van der Waals surface area contributed by atoms with Crippen molar-refractivity contribution in [3.8, 4) is 0 Å². The van der Waals surface area contributed by atoms with E-state index in [1.807, 2.05) is 0 Å². The molecule has 1 aromatic rings. The Morgan fingerprint density at radius 3 is 2.60 bits per heavy atom. The maximum Gasteiger partial charge on any atom is 0.342 e. The van der Waals surface area contributed by atoms with Crippen LogP contribution in [0.25, 0.3) is 0 Å². The van der Waals surface area contributed by atoms with Crippen LogP contribution in [-0.4, -0.2) is 35.7 Å². The molecule has 0 fully saturated rings. The van der Waals surface area contributed by atoms with E-state index >= 15 is 0 Å². The van der Waals surface area contributed by atoms with Gasteiger partial charge in [0.2, 0.25) is 0 Å². The number of aromatic nitrogens is 2. The Morgan fingerprint density at radius 2 is 2.20 bits per heavy atom. The van der Waals surface area contributed by atoms with E-state index in [0.717, 1.165) is 12.5 Å². The number of carboxylic acid groups (broad SMARTS) is 1. The Labute approximate surface area is 84.7 Å². The molecule has 2 N–H and O–H groups in total. The first-order chi connectivity index (χ1) is 6.79. The quantitative estimate of drug-likeness (QED) is 0.691. The molecule has 7 nitrogen and oxygen atoms in total. The van der Waals surface area contributed by atoms with Crippen molar-refractivity contribution >= 4 is 15.8 Å². The standard InChI is InChI=1S/C7H8N2O5S/c1-15(13,14)3-5-8-2-4(7(11)12)6(10)9-5/h2H,3H2,1H3,(H,11,12)(H,8,9,10). The van der Waals surface area contributed by atoms with Gasteiger partial charge in [0.05, 0.1) is 0 Å². The number of nitrogens with zero attached hydrogens (tertiary/aromatic N) is 1. The lowest BCUT2D eigenvalue weighted by Gasteiger charge is -1.98. The van der Waals surface area contributed by atoms with Crippen molar-refractivity contribution in [2.75, 3.05) is 6.26 Å². The zero-order valence-corrected chi connectivity index (χ0v) is 8.54. The molecule has 0 aliphatic heterocycles. The maximum atomic E-state index is 11.1. The van der Waals surface area contributed by atoms with Crippen LogP contribution in [0.3, 0.4) is 0 Å². The Bertz CT molecular complexity index is 545. The first-order valence-corrected chi connectivity index (χ1v) is 5.85. The molecule has 82 valence electrons. The lowest BCUT2D eigenvalue weighted by atomic mass is 10.3. The van der Waals surface area contributed by atoms with E-state index in [4.69, 9.17) is 5.11 Å². The third-order valence-electron chi connectivity index (χ3n) is 1.48. The molecule has 15 heavy (non-hydrogen) atoms. The van der Waals surface area contributed by atoms with Crippen LogP contribution in [0.2, 0.25) is 0 Å².